The zero-order chi connectivity index (χ0) is 16.1. The Hall–Kier alpha value is -3.20. The van der Waals surface area contributed by atoms with Gasteiger partial charge < -0.3 is 5.73 Å². The summed E-state index contributed by atoms with van der Waals surface area (Å²) in [7, 11) is 0. The molecule has 6 heteroatoms. The number of aryl methyl sites for hydroxylation is 1. The summed E-state index contributed by atoms with van der Waals surface area (Å²) in [5.74, 6) is -0.677. The van der Waals surface area contributed by atoms with Crippen LogP contribution in [0.4, 0.5) is 10.1 Å². The summed E-state index contributed by atoms with van der Waals surface area (Å²) < 4.78 is 13.6. The van der Waals surface area contributed by atoms with E-state index in [0.717, 1.165) is 11.1 Å². The van der Waals surface area contributed by atoms with Crippen LogP contribution in [-0.2, 0) is 0 Å². The Morgan fingerprint density at radius 1 is 1.27 bits per heavy atom. The molecule has 2 aromatic rings. The van der Waals surface area contributed by atoms with Crippen molar-refractivity contribution in [2.75, 3.05) is 5.43 Å². The van der Waals surface area contributed by atoms with Crippen LogP contribution in [0.1, 0.15) is 5.56 Å². The third-order valence-electron chi connectivity index (χ3n) is 3.03. The second-order valence-electron chi connectivity index (χ2n) is 4.64. The van der Waals surface area contributed by atoms with Gasteiger partial charge in [0.1, 0.15) is 11.9 Å². The van der Waals surface area contributed by atoms with Crippen LogP contribution in [-0.4, -0.2) is 11.5 Å². The first kappa shape index (κ1) is 15.2. The van der Waals surface area contributed by atoms with Gasteiger partial charge in [0.2, 0.25) is 5.71 Å². The van der Waals surface area contributed by atoms with Crippen molar-refractivity contribution in [1.82, 2.24) is 0 Å². The summed E-state index contributed by atoms with van der Waals surface area (Å²) in [6, 6.07) is 13.9. The van der Waals surface area contributed by atoms with Gasteiger partial charge in [-0.2, -0.15) is 10.4 Å². The van der Waals surface area contributed by atoms with E-state index in [1.54, 1.807) is 37.3 Å². The zero-order valence-electron chi connectivity index (χ0n) is 11.9. The molecule has 0 amide bonds. The number of nitrogens with two attached hydrogens (primary N) is 1. The molecule has 0 saturated carbocycles. The van der Waals surface area contributed by atoms with Crippen LogP contribution in [0.3, 0.4) is 0 Å². The van der Waals surface area contributed by atoms with Gasteiger partial charge in [0.15, 0.2) is 5.84 Å². The van der Waals surface area contributed by atoms with Crippen molar-refractivity contribution in [3.05, 3.63) is 53.8 Å². The highest BCUT2D eigenvalue weighted by Crippen LogP contribution is 2.24. The van der Waals surface area contributed by atoms with E-state index in [1.807, 2.05) is 12.1 Å². The lowest BCUT2D eigenvalue weighted by molar-refractivity contribution is 0.619. The Morgan fingerprint density at radius 3 is 2.64 bits per heavy atom. The number of amidine groups is 1. The van der Waals surface area contributed by atoms with E-state index in [-0.39, 0.29) is 11.5 Å². The van der Waals surface area contributed by atoms with Gasteiger partial charge in [0.25, 0.3) is 0 Å². The largest absolute Gasteiger partial charge is 0.382 e. The van der Waals surface area contributed by atoms with E-state index in [4.69, 9.17) is 16.4 Å². The first-order chi connectivity index (χ1) is 10.5. The molecule has 0 aliphatic carbocycles. The summed E-state index contributed by atoms with van der Waals surface area (Å²) in [6.07, 6.45) is 0. The summed E-state index contributed by atoms with van der Waals surface area (Å²) >= 11 is 0. The normalized spacial score (nSPS) is 10.9. The second-order valence-corrected chi connectivity index (χ2v) is 4.64. The average molecular weight is 295 g/mol. The Kier molecular flexibility index (Phi) is 4.49. The van der Waals surface area contributed by atoms with E-state index in [1.165, 1.54) is 6.07 Å². The fourth-order valence-electron chi connectivity index (χ4n) is 1.81. The monoisotopic (exact) mass is 295 g/mol. The Balaban J connectivity index is 2.29. The fourth-order valence-corrected chi connectivity index (χ4v) is 1.81. The van der Waals surface area contributed by atoms with Crippen molar-refractivity contribution in [2.24, 2.45) is 10.8 Å². The quantitative estimate of drug-likeness (QED) is 0.459. The maximum atomic E-state index is 13.6. The molecule has 0 bridgehead atoms. The predicted octanol–water partition coefficient (Wildman–Crippen LogP) is 3.03. The molecule has 110 valence electrons. The summed E-state index contributed by atoms with van der Waals surface area (Å²) in [5.41, 5.74) is 10.4. The number of nitriles is 1. The van der Waals surface area contributed by atoms with Crippen LogP contribution < -0.4 is 11.2 Å². The molecular formula is C16H14FN5. The molecular weight excluding hydrogens is 281 g/mol. The Morgan fingerprint density at radius 2 is 2.00 bits per heavy atom. The van der Waals surface area contributed by atoms with Gasteiger partial charge >= 0.3 is 0 Å². The number of nitrogens with one attached hydrogen (secondary N) is 2. The maximum Gasteiger partial charge on any atom is 0.201 e. The smallest absolute Gasteiger partial charge is 0.201 e. The minimum Gasteiger partial charge on any atom is -0.382 e. The van der Waals surface area contributed by atoms with Gasteiger partial charge in [0.05, 0.1) is 5.69 Å². The molecule has 0 saturated heterocycles. The SMILES string of the molecule is Cc1ccc(-c2cccc(N/N=C(\C#N)C(=N)N)c2)cc1F. The third-order valence-corrected chi connectivity index (χ3v) is 3.03. The molecule has 5 nitrogen and oxygen atoms in total. The predicted molar refractivity (Wildman–Crippen MR) is 85.2 cm³/mol. The average Bonchev–Trinajstić information content (AvgIpc) is 2.50. The minimum absolute atomic E-state index is 0.202. The van der Waals surface area contributed by atoms with Gasteiger partial charge in [-0.25, -0.2) is 4.39 Å². The molecule has 0 fully saturated rings. The Bertz CT molecular complexity index is 789. The number of rotatable bonds is 4. The van der Waals surface area contributed by atoms with Crippen LogP contribution in [0.15, 0.2) is 47.6 Å². The van der Waals surface area contributed by atoms with E-state index in [0.29, 0.717) is 11.3 Å². The van der Waals surface area contributed by atoms with Crippen molar-refractivity contribution < 1.29 is 4.39 Å². The maximum absolute atomic E-state index is 13.6. The molecule has 2 aromatic carbocycles. The standard InChI is InChI=1S/C16H14FN5/c1-10-5-6-12(8-14(10)17)11-3-2-4-13(7-11)21-22-15(9-18)16(19)20/h2-8,21H,1H3,(H3,19,20)/b22-15+. The van der Waals surface area contributed by atoms with Crippen molar-refractivity contribution in [3.63, 3.8) is 0 Å². The van der Waals surface area contributed by atoms with Crippen LogP contribution in [0.25, 0.3) is 11.1 Å². The van der Waals surface area contributed by atoms with Crippen LogP contribution in [0, 0.1) is 29.5 Å². The van der Waals surface area contributed by atoms with Crippen molar-refractivity contribution in [3.8, 4) is 17.2 Å². The number of hydrazone groups is 1. The molecule has 0 heterocycles. The summed E-state index contributed by atoms with van der Waals surface area (Å²) in [6.45, 7) is 1.71. The van der Waals surface area contributed by atoms with Crippen molar-refractivity contribution in [1.29, 1.82) is 10.7 Å². The van der Waals surface area contributed by atoms with Crippen LogP contribution >= 0.6 is 0 Å². The van der Waals surface area contributed by atoms with E-state index >= 15 is 0 Å². The lowest BCUT2D eigenvalue weighted by atomic mass is 10.0. The topological polar surface area (TPSA) is 98.0 Å². The number of benzene rings is 2. The summed E-state index contributed by atoms with van der Waals surface area (Å²) in [4.78, 5) is 0. The van der Waals surface area contributed by atoms with Gasteiger partial charge in [0, 0.05) is 0 Å². The first-order valence-electron chi connectivity index (χ1n) is 6.46. The molecule has 0 aliphatic heterocycles. The Labute approximate surface area is 127 Å². The highest BCUT2D eigenvalue weighted by Gasteiger charge is 2.04. The lowest BCUT2D eigenvalue weighted by Gasteiger charge is -2.06. The number of anilines is 1. The van der Waals surface area contributed by atoms with Gasteiger partial charge in [-0.3, -0.25) is 10.8 Å². The second kappa shape index (κ2) is 6.50. The fraction of sp³-hybridized carbons (Fsp3) is 0.0625. The molecule has 0 aliphatic rings. The lowest BCUT2D eigenvalue weighted by Crippen LogP contribution is -2.21. The van der Waals surface area contributed by atoms with Crippen LogP contribution in [0.5, 0.6) is 0 Å². The molecule has 0 unspecified atom stereocenters. The van der Waals surface area contributed by atoms with E-state index < -0.39 is 5.84 Å². The van der Waals surface area contributed by atoms with Gasteiger partial charge in [-0.05, 0) is 41.8 Å². The van der Waals surface area contributed by atoms with Gasteiger partial charge in [-0.15, -0.1) is 0 Å². The van der Waals surface area contributed by atoms with E-state index in [2.05, 4.69) is 10.5 Å². The highest BCUT2D eigenvalue weighted by atomic mass is 19.1. The van der Waals surface area contributed by atoms with Crippen LogP contribution in [0.2, 0.25) is 0 Å². The molecule has 0 spiro atoms. The molecule has 0 aromatic heterocycles. The first-order valence-corrected chi connectivity index (χ1v) is 6.46. The number of nitrogens with zero attached hydrogens (tertiary/aromatic N) is 2. The number of hydrogen-bond acceptors (Lipinski definition) is 4. The molecule has 0 radical (unpaired) electrons. The third kappa shape index (κ3) is 3.46. The van der Waals surface area contributed by atoms with E-state index in [9.17, 15) is 4.39 Å². The number of hydrogen-bond donors (Lipinski definition) is 3. The molecule has 2 rings (SSSR count). The van der Waals surface area contributed by atoms with Crippen molar-refractivity contribution in [2.45, 2.75) is 6.92 Å². The summed E-state index contributed by atoms with van der Waals surface area (Å²) in [5, 5.41) is 19.7. The highest BCUT2D eigenvalue weighted by molar-refractivity contribution is 6.45. The van der Waals surface area contributed by atoms with Gasteiger partial charge in [-0.1, -0.05) is 24.3 Å². The minimum atomic E-state index is -0.410. The molecule has 22 heavy (non-hydrogen) atoms. The molecule has 4 N–H and O–H groups in total. The zero-order valence-corrected chi connectivity index (χ0v) is 11.9. The number of halogens is 1. The molecule has 0 atom stereocenters. The van der Waals surface area contributed by atoms with Crippen molar-refractivity contribution >= 4 is 17.2 Å².